The molecule has 2 rings (SSSR count). The second-order valence-corrected chi connectivity index (χ2v) is 4.93. The molecule has 0 radical (unpaired) electrons. The van der Waals surface area contributed by atoms with E-state index in [1.165, 1.54) is 0 Å². The van der Waals surface area contributed by atoms with Gasteiger partial charge in [0.2, 0.25) is 0 Å². The number of hydrogen-bond acceptors (Lipinski definition) is 4. The Labute approximate surface area is 117 Å². The van der Waals surface area contributed by atoms with Gasteiger partial charge < -0.3 is 10.2 Å². The topological polar surface area (TPSA) is 88.2 Å². The van der Waals surface area contributed by atoms with Crippen LogP contribution >= 0.6 is 0 Å². The maximum atomic E-state index is 10.8. The molecule has 0 unspecified atom stereocenters. The van der Waals surface area contributed by atoms with Crippen LogP contribution in [0.5, 0.6) is 0 Å². The highest BCUT2D eigenvalue weighted by molar-refractivity contribution is 5.83. The van der Waals surface area contributed by atoms with Crippen molar-refractivity contribution in [3.63, 3.8) is 0 Å². The number of hydrogen-bond donors (Lipinski definition) is 2. The lowest BCUT2D eigenvalue weighted by Gasteiger charge is -2.10. The van der Waals surface area contributed by atoms with Gasteiger partial charge in [-0.15, -0.1) is 0 Å². The zero-order valence-corrected chi connectivity index (χ0v) is 12.0. The second-order valence-electron chi connectivity index (χ2n) is 4.93. The van der Waals surface area contributed by atoms with Crippen LogP contribution in [0.3, 0.4) is 0 Å². The summed E-state index contributed by atoms with van der Waals surface area (Å²) in [6.45, 7) is 6.18. The zero-order chi connectivity index (χ0) is 14.9. The predicted octanol–water partition coefficient (Wildman–Crippen LogP) is 1.37. The van der Waals surface area contributed by atoms with Gasteiger partial charge in [-0.05, 0) is 38.3 Å². The number of carbonyl (C=O) groups is 1. The smallest absolute Gasteiger partial charge is 0.303 e. The lowest BCUT2D eigenvalue weighted by Crippen LogP contribution is -2.07. The molecule has 0 fully saturated rings. The van der Waals surface area contributed by atoms with Crippen LogP contribution in [0.25, 0.3) is 11.0 Å². The fraction of sp³-hybridized carbons (Fsp3) is 0.500. The molecule has 0 bridgehead atoms. The van der Waals surface area contributed by atoms with Crippen LogP contribution in [0, 0.1) is 20.8 Å². The van der Waals surface area contributed by atoms with Crippen LogP contribution in [0.4, 0.5) is 0 Å². The van der Waals surface area contributed by atoms with E-state index in [1.54, 1.807) is 4.68 Å². The maximum Gasteiger partial charge on any atom is 0.303 e. The number of rotatable bonds is 5. The molecule has 2 heterocycles. The van der Waals surface area contributed by atoms with Gasteiger partial charge in [0.05, 0.1) is 18.8 Å². The predicted molar refractivity (Wildman–Crippen MR) is 74.8 cm³/mol. The monoisotopic (exact) mass is 277 g/mol. The first-order valence-corrected chi connectivity index (χ1v) is 6.61. The van der Waals surface area contributed by atoms with Crippen molar-refractivity contribution in [3.05, 3.63) is 22.5 Å². The molecule has 2 aromatic rings. The Morgan fingerprint density at radius 1 is 1.25 bits per heavy atom. The highest BCUT2D eigenvalue weighted by Crippen LogP contribution is 2.26. The fourth-order valence-electron chi connectivity index (χ4n) is 2.62. The number of nitrogens with zero attached hydrogens (tertiary/aromatic N) is 3. The minimum Gasteiger partial charge on any atom is -0.481 e. The first kappa shape index (κ1) is 14.5. The van der Waals surface area contributed by atoms with Crippen LogP contribution < -0.4 is 0 Å². The first-order chi connectivity index (χ1) is 9.45. The third-order valence-corrected chi connectivity index (χ3v) is 3.54. The van der Waals surface area contributed by atoms with Crippen molar-refractivity contribution in [1.82, 2.24) is 14.8 Å². The molecular formula is C14H19N3O3. The van der Waals surface area contributed by atoms with Crippen molar-refractivity contribution in [2.45, 2.75) is 40.2 Å². The molecule has 2 N–H and O–H groups in total. The maximum absolute atomic E-state index is 10.8. The van der Waals surface area contributed by atoms with Crippen LogP contribution in [-0.2, 0) is 17.8 Å². The van der Waals surface area contributed by atoms with Gasteiger partial charge in [0, 0.05) is 17.5 Å². The quantitative estimate of drug-likeness (QED) is 0.861. The summed E-state index contributed by atoms with van der Waals surface area (Å²) in [5.41, 5.74) is 4.46. The van der Waals surface area contributed by atoms with Crippen LogP contribution in [0.2, 0.25) is 0 Å². The van der Waals surface area contributed by atoms with Gasteiger partial charge in [0.1, 0.15) is 0 Å². The molecule has 0 spiro atoms. The molecule has 0 saturated heterocycles. The summed E-state index contributed by atoms with van der Waals surface area (Å²) in [5.74, 6) is -0.809. The van der Waals surface area contributed by atoms with E-state index in [-0.39, 0.29) is 13.0 Å². The minimum atomic E-state index is -0.809. The summed E-state index contributed by atoms with van der Waals surface area (Å²) in [7, 11) is 0. The number of aliphatic hydroxyl groups is 1. The Morgan fingerprint density at radius 2 is 1.95 bits per heavy atom. The molecule has 20 heavy (non-hydrogen) atoms. The van der Waals surface area contributed by atoms with Gasteiger partial charge in [-0.25, -0.2) is 9.67 Å². The van der Waals surface area contributed by atoms with E-state index in [2.05, 4.69) is 10.1 Å². The Kier molecular flexibility index (Phi) is 4.04. The molecule has 0 amide bonds. The van der Waals surface area contributed by atoms with Gasteiger partial charge in [0.25, 0.3) is 0 Å². The Balaban J connectivity index is 2.57. The zero-order valence-electron chi connectivity index (χ0n) is 12.0. The van der Waals surface area contributed by atoms with Crippen molar-refractivity contribution < 1.29 is 15.0 Å². The van der Waals surface area contributed by atoms with Crippen LogP contribution in [0.15, 0.2) is 0 Å². The van der Waals surface area contributed by atoms with Crippen molar-refractivity contribution in [3.8, 4) is 0 Å². The Bertz CT molecular complexity index is 661. The lowest BCUT2D eigenvalue weighted by atomic mass is 9.99. The van der Waals surface area contributed by atoms with E-state index in [1.807, 2.05) is 20.8 Å². The number of carboxylic acids is 1. The summed E-state index contributed by atoms with van der Waals surface area (Å²) in [5, 5.41) is 23.3. The number of fused-ring (bicyclic) bond motifs is 1. The summed E-state index contributed by atoms with van der Waals surface area (Å²) in [6.07, 6.45) is 0.569. The highest BCUT2D eigenvalue weighted by atomic mass is 16.4. The standard InChI is InChI=1S/C14H19N3O3/c1-8-11(4-5-12(19)20)9(2)15-14-13(8)10(3)16-17(14)6-7-18/h18H,4-7H2,1-3H3,(H,19,20). The molecular weight excluding hydrogens is 258 g/mol. The van der Waals surface area contributed by atoms with E-state index in [4.69, 9.17) is 10.2 Å². The number of aliphatic hydroxyl groups excluding tert-OH is 1. The molecule has 0 aromatic carbocycles. The molecule has 0 aliphatic carbocycles. The number of carboxylic acid groups (broad SMARTS) is 1. The van der Waals surface area contributed by atoms with Gasteiger partial charge in [-0.3, -0.25) is 4.79 Å². The normalized spacial score (nSPS) is 11.2. The van der Waals surface area contributed by atoms with Gasteiger partial charge >= 0.3 is 5.97 Å². The SMILES string of the molecule is Cc1nc2c(c(C)nn2CCO)c(C)c1CCC(=O)O. The highest BCUT2D eigenvalue weighted by Gasteiger charge is 2.16. The third kappa shape index (κ3) is 2.51. The average molecular weight is 277 g/mol. The van der Waals surface area contributed by atoms with Crippen molar-refractivity contribution in [1.29, 1.82) is 0 Å². The van der Waals surface area contributed by atoms with E-state index >= 15 is 0 Å². The van der Waals surface area contributed by atoms with E-state index in [0.717, 1.165) is 33.5 Å². The van der Waals surface area contributed by atoms with Crippen molar-refractivity contribution >= 4 is 17.0 Å². The molecule has 6 heteroatoms. The molecule has 0 aliphatic rings. The molecule has 0 saturated carbocycles. The summed E-state index contributed by atoms with van der Waals surface area (Å²) < 4.78 is 1.70. The summed E-state index contributed by atoms with van der Waals surface area (Å²) in [4.78, 5) is 15.3. The van der Waals surface area contributed by atoms with Crippen LogP contribution in [0.1, 0.15) is 28.9 Å². The minimum absolute atomic E-state index is 0.0107. The molecule has 6 nitrogen and oxygen atoms in total. The van der Waals surface area contributed by atoms with E-state index in [0.29, 0.717) is 13.0 Å². The molecule has 0 aliphatic heterocycles. The van der Waals surface area contributed by atoms with Crippen molar-refractivity contribution in [2.24, 2.45) is 0 Å². The third-order valence-electron chi connectivity index (χ3n) is 3.54. The molecule has 108 valence electrons. The van der Waals surface area contributed by atoms with Gasteiger partial charge in [0.15, 0.2) is 5.65 Å². The molecule has 2 aromatic heterocycles. The van der Waals surface area contributed by atoms with Gasteiger partial charge in [-0.2, -0.15) is 5.10 Å². The average Bonchev–Trinajstić information content (AvgIpc) is 2.66. The largest absolute Gasteiger partial charge is 0.481 e. The summed E-state index contributed by atoms with van der Waals surface area (Å²) >= 11 is 0. The van der Waals surface area contributed by atoms with Gasteiger partial charge in [-0.1, -0.05) is 0 Å². The fourth-order valence-corrected chi connectivity index (χ4v) is 2.62. The Hall–Kier alpha value is -1.95. The number of aliphatic carboxylic acids is 1. The van der Waals surface area contributed by atoms with E-state index < -0.39 is 5.97 Å². The first-order valence-electron chi connectivity index (χ1n) is 6.61. The summed E-state index contributed by atoms with van der Waals surface area (Å²) in [6, 6.07) is 0. The second kappa shape index (κ2) is 5.58. The van der Waals surface area contributed by atoms with E-state index in [9.17, 15) is 4.79 Å². The van der Waals surface area contributed by atoms with Crippen molar-refractivity contribution in [2.75, 3.05) is 6.61 Å². The number of pyridine rings is 1. The lowest BCUT2D eigenvalue weighted by molar-refractivity contribution is -0.136. The Morgan fingerprint density at radius 3 is 2.55 bits per heavy atom. The number of aryl methyl sites for hydroxylation is 3. The van der Waals surface area contributed by atoms with Crippen LogP contribution in [-0.4, -0.2) is 37.6 Å². The molecule has 0 atom stereocenters. The number of aromatic nitrogens is 3.